The van der Waals surface area contributed by atoms with Gasteiger partial charge >= 0.3 is 0 Å². The third kappa shape index (κ3) is 4.65. The summed E-state index contributed by atoms with van der Waals surface area (Å²) in [6.45, 7) is 10.1. The lowest BCUT2D eigenvalue weighted by Crippen LogP contribution is -1.92. The summed E-state index contributed by atoms with van der Waals surface area (Å²) >= 11 is 0. The predicted octanol–water partition coefficient (Wildman–Crippen LogP) is 7.68. The zero-order chi connectivity index (χ0) is 21.6. The van der Waals surface area contributed by atoms with Gasteiger partial charge in [0.15, 0.2) is 0 Å². The Labute approximate surface area is 184 Å². The van der Waals surface area contributed by atoms with Gasteiger partial charge in [-0.2, -0.15) is 0 Å². The molecule has 0 saturated carbocycles. The number of allylic oxidation sites excluding steroid dienone is 6. The van der Waals surface area contributed by atoms with Gasteiger partial charge in [-0.3, -0.25) is 0 Å². The Hall–Kier alpha value is -3.91. The van der Waals surface area contributed by atoms with E-state index in [1.54, 1.807) is 0 Å². The normalized spacial score (nSPS) is 11.8. The van der Waals surface area contributed by atoms with E-state index in [0.717, 1.165) is 40.0 Å². The Morgan fingerprint density at radius 1 is 0.935 bits per heavy atom. The first kappa shape index (κ1) is 20.4. The molecule has 0 unspecified atom stereocenters. The molecule has 4 aromatic rings. The van der Waals surface area contributed by atoms with Crippen molar-refractivity contribution in [1.82, 2.24) is 9.97 Å². The van der Waals surface area contributed by atoms with Crippen LogP contribution >= 0.6 is 0 Å². The van der Waals surface area contributed by atoms with Crippen LogP contribution < -0.4 is 0 Å². The van der Waals surface area contributed by atoms with E-state index in [1.165, 1.54) is 16.7 Å². The van der Waals surface area contributed by atoms with Crippen molar-refractivity contribution in [1.29, 1.82) is 0 Å². The highest BCUT2D eigenvalue weighted by Gasteiger charge is 2.08. The molecule has 0 aliphatic heterocycles. The predicted molar refractivity (Wildman–Crippen MR) is 133 cm³/mol. The summed E-state index contributed by atoms with van der Waals surface area (Å²) in [5.41, 5.74) is 8.78. The Bertz CT molecular complexity index is 1270. The first-order chi connectivity index (χ1) is 15.2. The van der Waals surface area contributed by atoms with Crippen molar-refractivity contribution in [3.8, 4) is 22.5 Å². The molecule has 0 aliphatic carbocycles. The number of rotatable bonds is 7. The maximum absolute atomic E-state index is 4.78. The highest BCUT2D eigenvalue weighted by atomic mass is 14.9. The van der Waals surface area contributed by atoms with Crippen molar-refractivity contribution >= 4 is 11.0 Å². The Balaban J connectivity index is 1.56. The van der Waals surface area contributed by atoms with Gasteiger partial charge in [0.1, 0.15) is 5.82 Å². The number of hydrogen-bond donors (Lipinski definition) is 1. The maximum Gasteiger partial charge on any atom is 0.138 e. The lowest BCUT2D eigenvalue weighted by Gasteiger charge is -2.06. The molecule has 1 heterocycles. The van der Waals surface area contributed by atoms with Crippen LogP contribution in [-0.2, 0) is 6.42 Å². The third-order valence-corrected chi connectivity index (χ3v) is 5.33. The second-order valence-electron chi connectivity index (χ2n) is 7.51. The van der Waals surface area contributed by atoms with E-state index in [0.29, 0.717) is 0 Å². The van der Waals surface area contributed by atoms with Gasteiger partial charge in [-0.05, 0) is 53.3 Å². The number of nitrogens with zero attached hydrogens (tertiary/aromatic N) is 1. The van der Waals surface area contributed by atoms with E-state index < -0.39 is 0 Å². The van der Waals surface area contributed by atoms with Crippen LogP contribution in [0.3, 0.4) is 0 Å². The fourth-order valence-electron chi connectivity index (χ4n) is 3.63. The Morgan fingerprint density at radius 3 is 2.35 bits per heavy atom. The van der Waals surface area contributed by atoms with Crippen LogP contribution in [0.25, 0.3) is 33.5 Å². The van der Waals surface area contributed by atoms with E-state index in [4.69, 9.17) is 4.98 Å². The number of imidazole rings is 1. The minimum absolute atomic E-state index is 0.769. The molecule has 0 bridgehead atoms. The SMILES string of the molecule is C=C/C(=C\C=C/C)C(=C)Cc1ccc2nc(-c3ccc(-c4ccccc4)cc3)[nH]c2c1. The summed E-state index contributed by atoms with van der Waals surface area (Å²) in [4.78, 5) is 8.26. The van der Waals surface area contributed by atoms with Crippen LogP contribution in [0.4, 0.5) is 0 Å². The van der Waals surface area contributed by atoms with Crippen molar-refractivity contribution in [3.63, 3.8) is 0 Å². The molecule has 152 valence electrons. The molecule has 4 rings (SSSR count). The van der Waals surface area contributed by atoms with Gasteiger partial charge in [0.25, 0.3) is 0 Å². The number of fused-ring (bicyclic) bond motifs is 1. The van der Waals surface area contributed by atoms with Gasteiger partial charge in [-0.25, -0.2) is 4.98 Å². The molecule has 0 amide bonds. The van der Waals surface area contributed by atoms with Gasteiger partial charge in [0.2, 0.25) is 0 Å². The molecule has 3 aromatic carbocycles. The van der Waals surface area contributed by atoms with Crippen molar-refractivity contribution in [2.24, 2.45) is 0 Å². The molecule has 31 heavy (non-hydrogen) atoms. The molecule has 0 spiro atoms. The number of aromatic amines is 1. The van der Waals surface area contributed by atoms with Crippen LogP contribution in [0.1, 0.15) is 12.5 Å². The quantitative estimate of drug-likeness (QED) is 0.315. The Kier molecular flexibility index (Phi) is 6.09. The van der Waals surface area contributed by atoms with E-state index in [-0.39, 0.29) is 0 Å². The Morgan fingerprint density at radius 2 is 1.65 bits per heavy atom. The van der Waals surface area contributed by atoms with Gasteiger partial charge in [-0.1, -0.05) is 98.1 Å². The average Bonchev–Trinajstić information content (AvgIpc) is 3.24. The molecule has 2 nitrogen and oxygen atoms in total. The second kappa shape index (κ2) is 9.27. The molecular weight excluding hydrogens is 376 g/mol. The molecule has 1 aromatic heterocycles. The van der Waals surface area contributed by atoms with E-state index in [9.17, 15) is 0 Å². The van der Waals surface area contributed by atoms with Crippen LogP contribution in [-0.4, -0.2) is 9.97 Å². The topological polar surface area (TPSA) is 28.7 Å². The molecule has 0 aliphatic rings. The van der Waals surface area contributed by atoms with Gasteiger partial charge < -0.3 is 4.98 Å². The van der Waals surface area contributed by atoms with E-state index >= 15 is 0 Å². The zero-order valence-electron chi connectivity index (χ0n) is 17.8. The number of nitrogens with one attached hydrogen (secondary N) is 1. The summed E-state index contributed by atoms with van der Waals surface area (Å²) in [6, 6.07) is 25.3. The van der Waals surface area contributed by atoms with Crippen LogP contribution in [0.2, 0.25) is 0 Å². The van der Waals surface area contributed by atoms with Crippen LogP contribution in [0.5, 0.6) is 0 Å². The van der Waals surface area contributed by atoms with Crippen molar-refractivity contribution in [2.75, 3.05) is 0 Å². The average molecular weight is 403 g/mol. The number of benzene rings is 3. The summed E-state index contributed by atoms with van der Waals surface area (Å²) in [7, 11) is 0. The van der Waals surface area contributed by atoms with Gasteiger partial charge in [0, 0.05) is 5.56 Å². The molecule has 0 atom stereocenters. The van der Waals surface area contributed by atoms with E-state index in [2.05, 4.69) is 84.9 Å². The largest absolute Gasteiger partial charge is 0.338 e. The van der Waals surface area contributed by atoms with Crippen LogP contribution in [0.15, 0.2) is 121 Å². The second-order valence-corrected chi connectivity index (χ2v) is 7.51. The smallest absolute Gasteiger partial charge is 0.138 e. The summed E-state index contributed by atoms with van der Waals surface area (Å²) in [5.74, 6) is 0.880. The van der Waals surface area contributed by atoms with Gasteiger partial charge in [0.05, 0.1) is 11.0 Å². The van der Waals surface area contributed by atoms with Crippen molar-refractivity contribution < 1.29 is 0 Å². The first-order valence-electron chi connectivity index (χ1n) is 10.5. The molecule has 0 radical (unpaired) electrons. The summed E-state index contributed by atoms with van der Waals surface area (Å²) in [6.07, 6.45) is 8.68. The number of H-pyrrole nitrogens is 1. The van der Waals surface area contributed by atoms with Crippen molar-refractivity contribution in [2.45, 2.75) is 13.3 Å². The lowest BCUT2D eigenvalue weighted by molar-refractivity contribution is 1.18. The highest BCUT2D eigenvalue weighted by molar-refractivity contribution is 5.80. The first-order valence-corrected chi connectivity index (χ1v) is 10.5. The minimum Gasteiger partial charge on any atom is -0.338 e. The molecule has 1 N–H and O–H groups in total. The van der Waals surface area contributed by atoms with Crippen LogP contribution in [0, 0.1) is 0 Å². The number of hydrogen-bond acceptors (Lipinski definition) is 1. The molecular formula is C29H26N2. The fraction of sp³-hybridized carbons (Fsp3) is 0.0690. The standard InChI is InChI=1S/C29H26N2/c1-4-6-10-23(5-2)21(3)19-22-13-18-27-28(20-22)31-29(30-27)26-16-14-25(15-17-26)24-11-8-7-9-12-24/h4-18,20H,2-3,19H2,1H3,(H,30,31)/b6-4-,23-10+. The van der Waals surface area contributed by atoms with Crippen molar-refractivity contribution in [3.05, 3.63) is 127 Å². The monoisotopic (exact) mass is 402 g/mol. The minimum atomic E-state index is 0.769. The molecule has 0 saturated heterocycles. The summed E-state index contributed by atoms with van der Waals surface area (Å²) < 4.78 is 0. The van der Waals surface area contributed by atoms with Gasteiger partial charge in [-0.15, -0.1) is 0 Å². The lowest BCUT2D eigenvalue weighted by atomic mass is 9.99. The van der Waals surface area contributed by atoms with E-state index in [1.807, 2.05) is 37.3 Å². The zero-order valence-corrected chi connectivity index (χ0v) is 17.8. The summed E-state index contributed by atoms with van der Waals surface area (Å²) in [5, 5.41) is 0. The molecule has 2 heteroatoms. The molecule has 0 fully saturated rings. The number of aromatic nitrogens is 2. The maximum atomic E-state index is 4.78. The highest BCUT2D eigenvalue weighted by Crippen LogP contribution is 2.26. The fourth-order valence-corrected chi connectivity index (χ4v) is 3.63. The third-order valence-electron chi connectivity index (χ3n) is 5.33.